The molecule has 2 atom stereocenters. The molecule has 2 aromatic heterocycles. The average Bonchev–Trinajstić information content (AvgIpc) is 3.35. The summed E-state index contributed by atoms with van der Waals surface area (Å²) >= 11 is 18.4. The first kappa shape index (κ1) is 23.7. The van der Waals surface area contributed by atoms with Crippen molar-refractivity contribution in [3.8, 4) is 11.4 Å². The lowest BCUT2D eigenvalue weighted by atomic mass is 9.96. The zero-order valence-electron chi connectivity index (χ0n) is 19.5. The number of rotatable bonds is 5. The van der Waals surface area contributed by atoms with Crippen LogP contribution >= 0.6 is 35.4 Å². The van der Waals surface area contributed by atoms with Crippen molar-refractivity contribution in [1.82, 2.24) is 14.9 Å². The van der Waals surface area contributed by atoms with E-state index in [4.69, 9.17) is 40.2 Å². The number of anilines is 1. The van der Waals surface area contributed by atoms with Crippen LogP contribution in [0.25, 0.3) is 5.69 Å². The maximum absolute atomic E-state index is 6.38. The lowest BCUT2D eigenvalue weighted by molar-refractivity contribution is 0.412. The molecule has 0 saturated carbocycles. The Morgan fingerprint density at radius 2 is 1.71 bits per heavy atom. The Balaban J connectivity index is 1.70. The van der Waals surface area contributed by atoms with Crippen molar-refractivity contribution in [3.63, 3.8) is 0 Å². The van der Waals surface area contributed by atoms with E-state index in [0.717, 1.165) is 39.8 Å². The summed E-state index contributed by atoms with van der Waals surface area (Å²) in [5.41, 5.74) is 6.03. The van der Waals surface area contributed by atoms with E-state index in [-0.39, 0.29) is 12.1 Å². The molecule has 178 valence electrons. The molecule has 1 fully saturated rings. The minimum Gasteiger partial charge on any atom is -0.495 e. The second kappa shape index (κ2) is 9.53. The average molecular weight is 523 g/mol. The molecule has 0 amide bonds. The van der Waals surface area contributed by atoms with E-state index in [1.807, 2.05) is 66.9 Å². The fourth-order valence-corrected chi connectivity index (χ4v) is 5.48. The Morgan fingerprint density at radius 1 is 0.971 bits per heavy atom. The number of nitrogens with one attached hydrogen (secondary N) is 1. The SMILES string of the molecule is COc1ccc(Cl)cc1-n1c(C)cc([C@@H]2[C@H](c3ccccn3)NC(=S)N2c2ccc(Cl)cc2)c1C. The smallest absolute Gasteiger partial charge is 0.174 e. The van der Waals surface area contributed by atoms with Gasteiger partial charge in [0.1, 0.15) is 5.75 Å². The predicted molar refractivity (Wildman–Crippen MR) is 146 cm³/mol. The highest BCUT2D eigenvalue weighted by Gasteiger charge is 2.42. The number of thiocarbonyl (C=S) groups is 1. The fraction of sp³-hybridized carbons (Fsp3) is 0.185. The Labute approximate surface area is 220 Å². The summed E-state index contributed by atoms with van der Waals surface area (Å²) in [5.74, 6) is 0.749. The van der Waals surface area contributed by atoms with Crippen molar-refractivity contribution in [3.05, 3.63) is 106 Å². The number of benzene rings is 2. The van der Waals surface area contributed by atoms with Gasteiger partial charge in [-0.3, -0.25) is 4.98 Å². The summed E-state index contributed by atoms with van der Waals surface area (Å²) in [4.78, 5) is 6.80. The number of hydrogen-bond donors (Lipinski definition) is 1. The first-order valence-corrected chi connectivity index (χ1v) is 12.3. The van der Waals surface area contributed by atoms with Gasteiger partial charge in [0.15, 0.2) is 5.11 Å². The van der Waals surface area contributed by atoms with Gasteiger partial charge in [-0.15, -0.1) is 0 Å². The molecule has 4 aromatic rings. The topological polar surface area (TPSA) is 42.3 Å². The summed E-state index contributed by atoms with van der Waals surface area (Å²) in [6.07, 6.45) is 1.81. The molecular weight excluding hydrogens is 499 g/mol. The normalized spacial score (nSPS) is 17.5. The van der Waals surface area contributed by atoms with Gasteiger partial charge in [-0.25, -0.2) is 0 Å². The minimum absolute atomic E-state index is 0.135. The zero-order chi connectivity index (χ0) is 24.7. The number of nitrogens with zero attached hydrogens (tertiary/aromatic N) is 3. The minimum atomic E-state index is -0.144. The van der Waals surface area contributed by atoms with Gasteiger partial charge in [0.05, 0.1) is 30.6 Å². The number of pyridine rings is 1. The highest BCUT2D eigenvalue weighted by Crippen LogP contribution is 2.44. The van der Waals surface area contributed by atoms with Crippen LogP contribution in [0.3, 0.4) is 0 Å². The third-order valence-electron chi connectivity index (χ3n) is 6.37. The third kappa shape index (κ3) is 4.27. The van der Waals surface area contributed by atoms with Crippen LogP contribution < -0.4 is 15.0 Å². The first-order valence-electron chi connectivity index (χ1n) is 11.2. The Bertz CT molecular complexity index is 1390. The lowest BCUT2D eigenvalue weighted by Gasteiger charge is -2.28. The predicted octanol–water partition coefficient (Wildman–Crippen LogP) is 6.98. The molecule has 0 radical (unpaired) electrons. The van der Waals surface area contributed by atoms with Gasteiger partial charge in [0.25, 0.3) is 0 Å². The maximum atomic E-state index is 6.38. The van der Waals surface area contributed by atoms with E-state index in [1.165, 1.54) is 0 Å². The van der Waals surface area contributed by atoms with Crippen LogP contribution in [0, 0.1) is 13.8 Å². The number of ether oxygens (including phenoxy) is 1. The van der Waals surface area contributed by atoms with Crippen LogP contribution in [0.1, 0.15) is 34.7 Å². The molecule has 0 spiro atoms. The molecule has 1 aliphatic heterocycles. The second-order valence-corrected chi connectivity index (χ2v) is 9.71. The number of methoxy groups -OCH3 is 1. The largest absolute Gasteiger partial charge is 0.495 e. The molecule has 2 aromatic carbocycles. The van der Waals surface area contributed by atoms with Crippen molar-refractivity contribution in [2.75, 3.05) is 12.0 Å². The summed E-state index contributed by atoms with van der Waals surface area (Å²) in [7, 11) is 1.67. The molecule has 1 N–H and O–H groups in total. The monoisotopic (exact) mass is 522 g/mol. The van der Waals surface area contributed by atoms with Gasteiger partial charge in [-0.1, -0.05) is 29.3 Å². The Morgan fingerprint density at radius 3 is 2.40 bits per heavy atom. The van der Waals surface area contributed by atoms with Crippen LogP contribution in [0.5, 0.6) is 5.75 Å². The summed E-state index contributed by atoms with van der Waals surface area (Å²) in [6, 6.07) is 21.2. The quantitative estimate of drug-likeness (QED) is 0.286. The summed E-state index contributed by atoms with van der Waals surface area (Å²) < 4.78 is 7.84. The lowest BCUT2D eigenvalue weighted by Crippen LogP contribution is -2.29. The molecule has 3 heterocycles. The molecule has 8 heteroatoms. The van der Waals surface area contributed by atoms with Crippen LogP contribution in [0.15, 0.2) is 72.9 Å². The maximum Gasteiger partial charge on any atom is 0.174 e. The van der Waals surface area contributed by atoms with Gasteiger partial charge in [-0.05, 0) is 92.3 Å². The van der Waals surface area contributed by atoms with Gasteiger partial charge in [0, 0.05) is 33.3 Å². The first-order chi connectivity index (χ1) is 16.9. The van der Waals surface area contributed by atoms with Gasteiger partial charge < -0.3 is 19.5 Å². The molecule has 0 unspecified atom stereocenters. The number of halogens is 2. The van der Waals surface area contributed by atoms with Crippen LogP contribution in [0.4, 0.5) is 5.69 Å². The van der Waals surface area contributed by atoms with E-state index >= 15 is 0 Å². The number of aryl methyl sites for hydroxylation is 1. The van der Waals surface area contributed by atoms with Crippen LogP contribution in [-0.4, -0.2) is 21.8 Å². The van der Waals surface area contributed by atoms with Crippen molar-refractivity contribution in [2.45, 2.75) is 25.9 Å². The molecule has 5 rings (SSSR count). The zero-order valence-corrected chi connectivity index (χ0v) is 21.8. The standard InChI is InChI=1S/C27H24Cl2N4OS/c1-16-14-21(17(2)32(16)23-15-19(29)9-12-24(23)34-3)26-25(22-6-4-5-13-30-22)31-27(35)33(26)20-10-7-18(28)8-11-20/h4-15,25-26H,1-3H3,(H,31,35)/t25-,26+/m0/s1. The highest BCUT2D eigenvalue weighted by molar-refractivity contribution is 7.80. The van der Waals surface area contributed by atoms with Crippen molar-refractivity contribution >= 4 is 46.2 Å². The van der Waals surface area contributed by atoms with Gasteiger partial charge in [0.2, 0.25) is 0 Å². The number of aromatic nitrogens is 2. The molecule has 0 aliphatic carbocycles. The van der Waals surface area contributed by atoms with E-state index in [1.54, 1.807) is 7.11 Å². The van der Waals surface area contributed by atoms with Crippen molar-refractivity contribution in [1.29, 1.82) is 0 Å². The second-order valence-electron chi connectivity index (χ2n) is 8.45. The van der Waals surface area contributed by atoms with E-state index < -0.39 is 0 Å². The van der Waals surface area contributed by atoms with E-state index in [2.05, 4.69) is 39.7 Å². The van der Waals surface area contributed by atoms with Gasteiger partial charge in [-0.2, -0.15) is 0 Å². The molecule has 35 heavy (non-hydrogen) atoms. The highest BCUT2D eigenvalue weighted by atomic mass is 35.5. The van der Waals surface area contributed by atoms with Crippen molar-refractivity contribution in [2.24, 2.45) is 0 Å². The van der Waals surface area contributed by atoms with Gasteiger partial charge >= 0.3 is 0 Å². The Hall–Kier alpha value is -3.06. The number of hydrogen-bond acceptors (Lipinski definition) is 3. The molecule has 5 nitrogen and oxygen atoms in total. The third-order valence-corrected chi connectivity index (χ3v) is 7.18. The van der Waals surface area contributed by atoms with E-state index in [9.17, 15) is 0 Å². The molecular formula is C27H24Cl2N4OS. The molecule has 1 saturated heterocycles. The fourth-order valence-electron chi connectivity index (χ4n) is 4.85. The van der Waals surface area contributed by atoms with Crippen molar-refractivity contribution < 1.29 is 4.74 Å². The Kier molecular flexibility index (Phi) is 6.45. The molecule has 1 aliphatic rings. The summed E-state index contributed by atoms with van der Waals surface area (Å²) in [5, 5.41) is 5.48. The van der Waals surface area contributed by atoms with E-state index in [0.29, 0.717) is 15.2 Å². The van der Waals surface area contributed by atoms with Crippen LogP contribution in [0.2, 0.25) is 10.0 Å². The summed E-state index contributed by atoms with van der Waals surface area (Å²) in [6.45, 7) is 4.19. The van der Waals surface area contributed by atoms with Crippen LogP contribution in [-0.2, 0) is 0 Å². The molecule has 0 bridgehead atoms.